The number of nitrogens with zero attached hydrogens (tertiary/aromatic N) is 1. The van der Waals surface area contributed by atoms with Gasteiger partial charge in [0.2, 0.25) is 0 Å². The number of anilines is 1. The van der Waals surface area contributed by atoms with E-state index in [1.54, 1.807) is 12.1 Å². The van der Waals surface area contributed by atoms with Gasteiger partial charge in [0.1, 0.15) is 11.3 Å². The van der Waals surface area contributed by atoms with Crippen LogP contribution in [0.25, 0.3) is 22.4 Å². The first kappa shape index (κ1) is 22.0. The van der Waals surface area contributed by atoms with Crippen molar-refractivity contribution >= 4 is 34.3 Å². The zero-order valence-electron chi connectivity index (χ0n) is 19.1. The summed E-state index contributed by atoms with van der Waals surface area (Å²) in [6.45, 7) is 6.07. The van der Waals surface area contributed by atoms with Crippen LogP contribution in [0.15, 0.2) is 75.6 Å². The van der Waals surface area contributed by atoms with E-state index in [0.717, 1.165) is 27.8 Å². The van der Waals surface area contributed by atoms with Crippen molar-refractivity contribution in [3.8, 4) is 11.3 Å². The highest BCUT2D eigenvalue weighted by atomic mass is 35.5. The van der Waals surface area contributed by atoms with Crippen LogP contribution < -0.4 is 5.32 Å². The molecule has 2 heterocycles. The first-order chi connectivity index (χ1) is 16.4. The number of carbonyl (C=O) groups excluding carboxylic acids is 1. The number of hydrogen-bond donors (Lipinski definition) is 1. The second-order valence-electron chi connectivity index (χ2n) is 8.47. The van der Waals surface area contributed by atoms with Crippen molar-refractivity contribution in [3.05, 3.63) is 106 Å². The van der Waals surface area contributed by atoms with Crippen LogP contribution in [0.3, 0.4) is 0 Å². The van der Waals surface area contributed by atoms with E-state index >= 15 is 0 Å². The van der Waals surface area contributed by atoms with Gasteiger partial charge in [0, 0.05) is 22.7 Å². The zero-order chi connectivity index (χ0) is 23.8. The molecule has 0 atom stereocenters. The van der Waals surface area contributed by atoms with Crippen LogP contribution in [-0.2, 0) is 6.42 Å². The number of nitrogens with one attached hydrogen (secondary N) is 1. The van der Waals surface area contributed by atoms with Crippen LogP contribution in [0.4, 0.5) is 5.69 Å². The Bertz CT molecular complexity index is 1470. The Kier molecular flexibility index (Phi) is 5.72. The second-order valence-corrected chi connectivity index (χ2v) is 8.87. The third kappa shape index (κ3) is 4.47. The van der Waals surface area contributed by atoms with Gasteiger partial charge < -0.3 is 14.2 Å². The van der Waals surface area contributed by atoms with Gasteiger partial charge in [0.05, 0.1) is 0 Å². The molecule has 5 rings (SSSR count). The third-order valence-electron chi connectivity index (χ3n) is 5.90. The number of oxazole rings is 1. The van der Waals surface area contributed by atoms with E-state index < -0.39 is 0 Å². The molecule has 1 N–H and O–H groups in total. The van der Waals surface area contributed by atoms with Crippen LogP contribution in [0.1, 0.15) is 38.7 Å². The second kappa shape index (κ2) is 8.84. The number of aryl methyl sites for hydroxylation is 3. The summed E-state index contributed by atoms with van der Waals surface area (Å²) in [6.07, 6.45) is 0.571. The van der Waals surface area contributed by atoms with Crippen LogP contribution in [0, 0.1) is 20.8 Å². The molecule has 34 heavy (non-hydrogen) atoms. The van der Waals surface area contributed by atoms with Crippen LogP contribution in [-0.4, -0.2) is 10.9 Å². The highest BCUT2D eigenvalue weighted by Gasteiger charge is 2.14. The van der Waals surface area contributed by atoms with Crippen LogP contribution in [0.2, 0.25) is 5.02 Å². The van der Waals surface area contributed by atoms with E-state index in [2.05, 4.69) is 24.1 Å². The predicted octanol–water partition coefficient (Wildman–Crippen LogP) is 7.51. The Balaban J connectivity index is 1.26. The molecule has 1 amide bonds. The Morgan fingerprint density at radius 3 is 2.41 bits per heavy atom. The van der Waals surface area contributed by atoms with Crippen LogP contribution >= 0.6 is 11.6 Å². The fourth-order valence-electron chi connectivity index (χ4n) is 3.74. The standard InChI is InChI=1S/C28H23ClN2O3/c1-16-4-7-20(15-22(16)29)24-10-11-25(33-24)28(32)30-21-8-5-19(6-9-21)14-27-31-23-12-17(2)18(3)13-26(23)34-27/h4-13,15H,14H2,1-3H3,(H,30,32). The highest BCUT2D eigenvalue weighted by molar-refractivity contribution is 6.31. The molecule has 0 fully saturated rings. The van der Waals surface area contributed by atoms with E-state index in [-0.39, 0.29) is 11.7 Å². The van der Waals surface area contributed by atoms with Gasteiger partial charge in [-0.2, -0.15) is 0 Å². The minimum Gasteiger partial charge on any atom is -0.451 e. The van der Waals surface area contributed by atoms with Crippen molar-refractivity contribution in [1.82, 2.24) is 4.98 Å². The zero-order valence-corrected chi connectivity index (χ0v) is 19.9. The lowest BCUT2D eigenvalue weighted by Gasteiger charge is -2.05. The minimum absolute atomic E-state index is 0.229. The topological polar surface area (TPSA) is 68.3 Å². The van der Waals surface area contributed by atoms with E-state index in [9.17, 15) is 4.79 Å². The molecule has 0 saturated carbocycles. The number of amides is 1. The van der Waals surface area contributed by atoms with Crippen molar-refractivity contribution in [2.24, 2.45) is 0 Å². The molecule has 0 aliphatic rings. The van der Waals surface area contributed by atoms with Gasteiger partial charge in [-0.05, 0) is 85.5 Å². The van der Waals surface area contributed by atoms with E-state index in [4.69, 9.17) is 20.4 Å². The molecule has 0 aliphatic carbocycles. The van der Waals surface area contributed by atoms with Crippen molar-refractivity contribution in [1.29, 1.82) is 0 Å². The van der Waals surface area contributed by atoms with Gasteiger partial charge >= 0.3 is 0 Å². The molecule has 2 aromatic heterocycles. The summed E-state index contributed by atoms with van der Waals surface area (Å²) in [5.41, 5.74) is 7.56. The number of rotatable bonds is 5. The van der Waals surface area contributed by atoms with Crippen molar-refractivity contribution < 1.29 is 13.6 Å². The maximum Gasteiger partial charge on any atom is 0.291 e. The molecule has 0 saturated heterocycles. The molecule has 0 bridgehead atoms. The monoisotopic (exact) mass is 470 g/mol. The van der Waals surface area contributed by atoms with Gasteiger partial charge in [0.25, 0.3) is 5.91 Å². The largest absolute Gasteiger partial charge is 0.451 e. The molecule has 6 heteroatoms. The van der Waals surface area contributed by atoms with Crippen molar-refractivity contribution in [2.45, 2.75) is 27.2 Å². The van der Waals surface area contributed by atoms with E-state index in [0.29, 0.717) is 28.8 Å². The molecule has 170 valence electrons. The van der Waals surface area contributed by atoms with E-state index in [1.165, 1.54) is 11.1 Å². The van der Waals surface area contributed by atoms with E-state index in [1.807, 2.05) is 61.5 Å². The number of fused-ring (bicyclic) bond motifs is 1. The van der Waals surface area contributed by atoms with Crippen molar-refractivity contribution in [3.63, 3.8) is 0 Å². The van der Waals surface area contributed by atoms with Gasteiger partial charge in [-0.15, -0.1) is 0 Å². The fraction of sp³-hybridized carbons (Fsp3) is 0.143. The summed E-state index contributed by atoms with van der Waals surface area (Å²) >= 11 is 6.21. The number of halogens is 1. The molecule has 0 unspecified atom stereocenters. The Labute approximate surface area is 202 Å². The molecular formula is C28H23ClN2O3. The lowest BCUT2D eigenvalue weighted by Crippen LogP contribution is -2.10. The fourth-order valence-corrected chi connectivity index (χ4v) is 3.92. The smallest absolute Gasteiger partial charge is 0.291 e. The molecule has 3 aromatic carbocycles. The predicted molar refractivity (Wildman–Crippen MR) is 135 cm³/mol. The summed E-state index contributed by atoms with van der Waals surface area (Å²) in [4.78, 5) is 17.3. The summed E-state index contributed by atoms with van der Waals surface area (Å²) in [7, 11) is 0. The maximum atomic E-state index is 12.7. The summed E-state index contributed by atoms with van der Waals surface area (Å²) in [5, 5.41) is 3.53. The molecule has 5 nitrogen and oxygen atoms in total. The number of aromatic nitrogens is 1. The average molecular weight is 471 g/mol. The molecule has 0 aliphatic heterocycles. The number of carbonyl (C=O) groups is 1. The Morgan fingerprint density at radius 2 is 1.65 bits per heavy atom. The Hall–Kier alpha value is -3.83. The number of furan rings is 1. The molecule has 0 radical (unpaired) electrons. The highest BCUT2D eigenvalue weighted by Crippen LogP contribution is 2.27. The lowest BCUT2D eigenvalue weighted by molar-refractivity contribution is 0.0997. The first-order valence-electron chi connectivity index (χ1n) is 11.0. The summed E-state index contributed by atoms with van der Waals surface area (Å²) in [5.74, 6) is 1.16. The normalized spacial score (nSPS) is 11.2. The first-order valence-corrected chi connectivity index (χ1v) is 11.4. The van der Waals surface area contributed by atoms with Crippen molar-refractivity contribution in [2.75, 3.05) is 5.32 Å². The van der Waals surface area contributed by atoms with Gasteiger partial charge in [-0.3, -0.25) is 4.79 Å². The average Bonchev–Trinajstić information content (AvgIpc) is 3.45. The maximum absolute atomic E-state index is 12.7. The quantitative estimate of drug-likeness (QED) is 0.288. The minimum atomic E-state index is -0.318. The van der Waals surface area contributed by atoms with Gasteiger partial charge in [-0.1, -0.05) is 35.9 Å². The third-order valence-corrected chi connectivity index (χ3v) is 6.31. The van der Waals surface area contributed by atoms with Crippen LogP contribution in [0.5, 0.6) is 0 Å². The molecular weight excluding hydrogens is 448 g/mol. The summed E-state index contributed by atoms with van der Waals surface area (Å²) < 4.78 is 11.7. The summed E-state index contributed by atoms with van der Waals surface area (Å²) in [6, 6.07) is 20.8. The number of benzene rings is 3. The molecule has 5 aromatic rings. The Morgan fingerprint density at radius 1 is 0.882 bits per heavy atom. The molecule has 0 spiro atoms. The van der Waals surface area contributed by atoms with Gasteiger partial charge in [-0.25, -0.2) is 4.98 Å². The lowest BCUT2D eigenvalue weighted by atomic mass is 10.1. The number of hydrogen-bond acceptors (Lipinski definition) is 4. The SMILES string of the molecule is Cc1cc2nc(Cc3ccc(NC(=O)c4ccc(-c5ccc(C)c(Cl)c5)o4)cc3)oc2cc1C. The van der Waals surface area contributed by atoms with Gasteiger partial charge in [0.15, 0.2) is 17.2 Å².